The normalized spacial score (nSPS) is 8.57. The summed E-state index contributed by atoms with van der Waals surface area (Å²) in [4.78, 5) is 0. The van der Waals surface area contributed by atoms with E-state index in [1.54, 1.807) is 0 Å². The molecule has 0 rings (SSSR count). The maximum absolute atomic E-state index is 7.38. The van der Waals surface area contributed by atoms with E-state index < -0.39 is 18.1 Å². The van der Waals surface area contributed by atoms with Crippen LogP contribution >= 0.6 is 0 Å². The van der Waals surface area contributed by atoms with Crippen molar-refractivity contribution in [3.63, 3.8) is 0 Å². The van der Waals surface area contributed by atoms with Gasteiger partial charge in [0.2, 0.25) is 0 Å². The Bertz CT molecular complexity index is 27.2. The maximum atomic E-state index is 7.38. The Morgan fingerprint density at radius 2 is 0.857 bits per heavy atom. The Morgan fingerprint density at radius 3 is 0.857 bits per heavy atom. The molecule has 0 fully saturated rings. The van der Waals surface area contributed by atoms with Crippen molar-refractivity contribution in [3.05, 3.63) is 0 Å². The van der Waals surface area contributed by atoms with Crippen LogP contribution in [0, 0.1) is 0 Å². The molecule has 7 heteroatoms. The fraction of sp³-hybridized carbons (Fsp3) is 0. The van der Waals surface area contributed by atoms with Crippen LogP contribution in [0.5, 0.6) is 0 Å². The Hall–Kier alpha value is 2.70. The summed E-state index contributed by atoms with van der Waals surface area (Å²) < 4.78 is 29.5. The van der Waals surface area contributed by atoms with E-state index in [1.165, 1.54) is 0 Å². The molecular weight excluding hydrogens is 361 g/mol. The first kappa shape index (κ1) is 16.4. The van der Waals surface area contributed by atoms with Crippen molar-refractivity contribution in [1.29, 1.82) is 0 Å². The second kappa shape index (κ2) is 6.81. The third kappa shape index (κ3) is 53.6. The van der Waals surface area contributed by atoms with Crippen LogP contribution in [-0.2, 0) is 18.1 Å². The zero-order chi connectivity index (χ0) is 4.50. The quantitative estimate of drug-likeness (QED) is 0.325. The predicted octanol–water partition coefficient (Wildman–Crippen LogP) is -4.33. The molecule has 44 valence electrons. The van der Waals surface area contributed by atoms with E-state index in [4.69, 9.17) is 14.8 Å². The minimum atomic E-state index is -5.00. The van der Waals surface area contributed by atoms with Crippen molar-refractivity contribution in [1.82, 2.24) is 0 Å². The molecule has 0 radical (unpaired) electrons. The van der Waals surface area contributed by atoms with Gasteiger partial charge in [-0.3, -0.25) is 0 Å². The summed E-state index contributed by atoms with van der Waals surface area (Å²) in [6, 6.07) is 0. The molecule has 0 aliphatic carbocycles. The standard InChI is InChI=1S/Bi.Ca.4H2O.Ti.5H/h;;4*1H2;;;;;;/q;;;;;;+4;;;;;/p-4. The van der Waals surface area contributed by atoms with Crippen LogP contribution in [0.4, 0.5) is 0 Å². The third-order valence-electron chi connectivity index (χ3n) is 0. The summed E-state index contributed by atoms with van der Waals surface area (Å²) in [7, 11) is 0. The van der Waals surface area contributed by atoms with E-state index >= 15 is 0 Å². The van der Waals surface area contributed by atoms with E-state index in [9.17, 15) is 0 Å². The fourth-order valence-corrected chi connectivity index (χ4v) is 0. The van der Waals surface area contributed by atoms with Gasteiger partial charge in [-0.05, 0) is 0 Å². The van der Waals surface area contributed by atoms with Crippen LogP contribution in [0.2, 0.25) is 0 Å². The first-order chi connectivity index (χ1) is 2.00. The van der Waals surface area contributed by atoms with Gasteiger partial charge in [-0.1, -0.05) is 0 Å². The molecule has 0 bridgehead atoms. The summed E-state index contributed by atoms with van der Waals surface area (Å²) in [6.07, 6.45) is 0. The van der Waals surface area contributed by atoms with Crippen molar-refractivity contribution < 1.29 is 32.9 Å². The van der Waals surface area contributed by atoms with Crippen LogP contribution in [0.15, 0.2) is 0 Å². The predicted molar refractivity (Wildman–Crippen MR) is 27.4 cm³/mol. The average Bonchev–Trinajstić information content (AvgIpc) is 0.722. The molecular formula is H9BiCaO4Ti. The Morgan fingerprint density at radius 1 is 0.857 bits per heavy atom. The Labute approximate surface area is 94.9 Å². The van der Waals surface area contributed by atoms with Crippen LogP contribution in [0.25, 0.3) is 0 Å². The zero-order valence-electron chi connectivity index (χ0n) is 3.00. The Kier molecular flexibility index (Phi) is 15.9. The van der Waals surface area contributed by atoms with E-state index in [2.05, 4.69) is 0 Å². The van der Waals surface area contributed by atoms with Crippen LogP contribution in [0.1, 0.15) is 0 Å². The molecule has 4 nitrogen and oxygen atoms in total. The molecule has 0 unspecified atom stereocenters. The molecule has 0 saturated heterocycles. The van der Waals surface area contributed by atoms with Crippen molar-refractivity contribution in [3.8, 4) is 0 Å². The number of rotatable bonds is 0. The van der Waals surface area contributed by atoms with Gasteiger partial charge in [-0.15, -0.1) is 0 Å². The van der Waals surface area contributed by atoms with Crippen molar-refractivity contribution in [2.24, 2.45) is 0 Å². The van der Waals surface area contributed by atoms with Gasteiger partial charge in [0, 0.05) is 0 Å². The molecule has 0 aromatic rings. The summed E-state index contributed by atoms with van der Waals surface area (Å²) in [5.74, 6) is 0. The molecule has 0 aliphatic rings. The summed E-state index contributed by atoms with van der Waals surface area (Å²) in [5.41, 5.74) is 0. The molecule has 0 atom stereocenters. The topological polar surface area (TPSA) is 80.9 Å². The molecule has 0 aliphatic heterocycles. The van der Waals surface area contributed by atoms with Gasteiger partial charge in [0.1, 0.15) is 0 Å². The van der Waals surface area contributed by atoms with Gasteiger partial charge in [-0.25, -0.2) is 0 Å². The summed E-state index contributed by atoms with van der Waals surface area (Å²) >= 11 is -5.00. The van der Waals surface area contributed by atoms with Gasteiger partial charge in [0.25, 0.3) is 0 Å². The first-order valence-corrected chi connectivity index (χ1v) is 3.69. The van der Waals surface area contributed by atoms with Crippen molar-refractivity contribution >= 4 is 63.9 Å². The molecule has 0 aromatic carbocycles. The molecule has 0 aromatic heterocycles. The second-order valence-corrected chi connectivity index (χ2v) is 2.47. The van der Waals surface area contributed by atoms with Gasteiger partial charge in [0.05, 0.1) is 0 Å². The van der Waals surface area contributed by atoms with E-state index in [1.807, 2.05) is 0 Å². The molecule has 0 amide bonds. The summed E-state index contributed by atoms with van der Waals surface area (Å²) in [5, 5.41) is 0. The number of hydrogen-bond acceptors (Lipinski definition) is 4. The number of hydrogen-bond donors (Lipinski definition) is 4. The van der Waals surface area contributed by atoms with Gasteiger partial charge in [0.15, 0.2) is 0 Å². The second-order valence-electron chi connectivity index (χ2n) is 0.600. The zero-order valence-corrected chi connectivity index (χ0v) is 10.1. The first-order valence-electron chi connectivity index (χ1n) is 0.894. The fourth-order valence-electron chi connectivity index (χ4n) is 0. The van der Waals surface area contributed by atoms with Gasteiger partial charge in [-0.2, -0.15) is 0 Å². The van der Waals surface area contributed by atoms with E-state index in [0.717, 1.165) is 0 Å². The van der Waals surface area contributed by atoms with Crippen molar-refractivity contribution in [2.75, 3.05) is 0 Å². The van der Waals surface area contributed by atoms with Crippen LogP contribution < -0.4 is 0 Å². The van der Waals surface area contributed by atoms with E-state index in [0.29, 0.717) is 0 Å². The molecule has 0 heterocycles. The SMILES string of the molecule is [BiH3].[CaH2].[OH][Ti]([OH])([OH])[OH]. The third-order valence-corrected chi connectivity index (χ3v) is 0. The molecule has 4 N–H and O–H groups in total. The monoisotopic (exact) mass is 370 g/mol. The minimum absolute atomic E-state index is 0. The Balaban J connectivity index is -0.0000000800. The molecule has 7 heavy (non-hydrogen) atoms. The van der Waals surface area contributed by atoms with Gasteiger partial charge < -0.3 is 0 Å². The van der Waals surface area contributed by atoms with Crippen LogP contribution in [-0.4, -0.2) is 78.7 Å². The van der Waals surface area contributed by atoms with E-state index in [-0.39, 0.29) is 63.9 Å². The van der Waals surface area contributed by atoms with Crippen LogP contribution in [0.3, 0.4) is 0 Å². The molecule has 0 saturated carbocycles. The van der Waals surface area contributed by atoms with Crippen molar-refractivity contribution in [2.45, 2.75) is 0 Å². The summed E-state index contributed by atoms with van der Waals surface area (Å²) in [6.45, 7) is 0. The molecule has 0 spiro atoms. The average molecular weight is 370 g/mol. The van der Waals surface area contributed by atoms with Gasteiger partial charge >= 0.3 is 96.8 Å².